The zero-order chi connectivity index (χ0) is 15.8. The zero-order valence-electron chi connectivity index (χ0n) is 13.5. The number of esters is 1. The molecule has 1 aromatic carbocycles. The van der Waals surface area contributed by atoms with Gasteiger partial charge in [0.1, 0.15) is 11.6 Å². The molecule has 130 valence electrons. The van der Waals surface area contributed by atoms with Crippen LogP contribution in [0.2, 0.25) is 0 Å². The van der Waals surface area contributed by atoms with Crippen molar-refractivity contribution in [1.82, 2.24) is 5.32 Å². The van der Waals surface area contributed by atoms with E-state index in [0.29, 0.717) is 36.9 Å². The second-order valence-corrected chi connectivity index (χ2v) is 5.56. The summed E-state index contributed by atoms with van der Waals surface area (Å²) in [4.78, 5) is 11.3. The monoisotopic (exact) mass is 345 g/mol. The molecule has 1 saturated heterocycles. The summed E-state index contributed by atoms with van der Waals surface area (Å²) in [5.74, 6) is 0.462. The van der Waals surface area contributed by atoms with Crippen molar-refractivity contribution in [3.8, 4) is 5.75 Å². The van der Waals surface area contributed by atoms with Gasteiger partial charge in [-0.1, -0.05) is 6.07 Å². The van der Waals surface area contributed by atoms with Crippen molar-refractivity contribution in [3.63, 3.8) is 0 Å². The third-order valence-corrected chi connectivity index (χ3v) is 3.87. The van der Waals surface area contributed by atoms with Crippen molar-refractivity contribution in [2.24, 2.45) is 5.92 Å². The van der Waals surface area contributed by atoms with Crippen LogP contribution in [-0.4, -0.2) is 32.3 Å². The van der Waals surface area contributed by atoms with Gasteiger partial charge in [0.05, 0.1) is 13.2 Å². The van der Waals surface area contributed by atoms with Crippen LogP contribution in [0.5, 0.6) is 5.75 Å². The van der Waals surface area contributed by atoms with Crippen LogP contribution in [0, 0.1) is 11.7 Å². The molecule has 0 atom stereocenters. The van der Waals surface area contributed by atoms with Gasteiger partial charge in [-0.25, -0.2) is 4.39 Å². The van der Waals surface area contributed by atoms with Crippen molar-refractivity contribution in [3.05, 3.63) is 29.6 Å². The highest BCUT2D eigenvalue weighted by Crippen LogP contribution is 2.20. The fraction of sp³-hybridized carbons (Fsp3) is 0.588. The summed E-state index contributed by atoms with van der Waals surface area (Å²) in [7, 11) is 0. The molecule has 0 aromatic heterocycles. The maximum absolute atomic E-state index is 14.0. The lowest BCUT2D eigenvalue weighted by Crippen LogP contribution is -2.30. The highest BCUT2D eigenvalue weighted by atomic mass is 35.5. The first-order chi connectivity index (χ1) is 10.7. The molecule has 0 radical (unpaired) electrons. The number of nitrogens with one attached hydrogen (secondary N) is 1. The SMILES string of the molecule is CCOC(=O)CCc1ccc(OCC2CCNCC2)cc1F.Cl. The van der Waals surface area contributed by atoms with Gasteiger partial charge in [-0.3, -0.25) is 4.79 Å². The Hall–Kier alpha value is -1.33. The van der Waals surface area contributed by atoms with Crippen molar-refractivity contribution in [2.45, 2.75) is 32.6 Å². The molecule has 0 saturated carbocycles. The zero-order valence-corrected chi connectivity index (χ0v) is 14.3. The minimum absolute atomic E-state index is 0. The summed E-state index contributed by atoms with van der Waals surface area (Å²) < 4.78 is 24.5. The first-order valence-electron chi connectivity index (χ1n) is 7.96. The number of aryl methyl sites for hydroxylation is 1. The Labute approximate surface area is 143 Å². The Morgan fingerprint density at radius 2 is 2.09 bits per heavy atom. The van der Waals surface area contributed by atoms with Gasteiger partial charge in [0.2, 0.25) is 0 Å². The Kier molecular flexibility index (Phi) is 8.95. The molecule has 23 heavy (non-hydrogen) atoms. The van der Waals surface area contributed by atoms with E-state index in [0.717, 1.165) is 25.9 Å². The van der Waals surface area contributed by atoms with Crippen molar-refractivity contribution in [1.29, 1.82) is 0 Å². The van der Waals surface area contributed by atoms with Crippen LogP contribution >= 0.6 is 12.4 Å². The number of hydrogen-bond donors (Lipinski definition) is 1. The van der Waals surface area contributed by atoms with E-state index in [4.69, 9.17) is 9.47 Å². The molecule has 0 aliphatic carbocycles. The Bertz CT molecular complexity index is 493. The minimum atomic E-state index is -0.327. The molecule has 1 aromatic rings. The third-order valence-electron chi connectivity index (χ3n) is 3.87. The Morgan fingerprint density at radius 3 is 2.74 bits per heavy atom. The number of carbonyl (C=O) groups excluding carboxylic acids is 1. The standard InChI is InChI=1S/C17H24FNO3.ClH/c1-2-21-17(20)6-4-14-3-5-15(11-16(14)18)22-12-13-7-9-19-10-8-13;/h3,5,11,13,19H,2,4,6-10,12H2,1H3;1H. The van der Waals surface area contributed by atoms with E-state index in [1.54, 1.807) is 19.1 Å². The summed E-state index contributed by atoms with van der Waals surface area (Å²) in [5, 5.41) is 3.31. The summed E-state index contributed by atoms with van der Waals surface area (Å²) in [5.41, 5.74) is 0.516. The molecule has 0 bridgehead atoms. The first-order valence-corrected chi connectivity index (χ1v) is 7.96. The van der Waals surface area contributed by atoms with Crippen LogP contribution in [0.1, 0.15) is 31.7 Å². The second kappa shape index (κ2) is 10.4. The first kappa shape index (κ1) is 19.7. The molecular weight excluding hydrogens is 321 g/mol. The maximum Gasteiger partial charge on any atom is 0.306 e. The number of halogens is 2. The third kappa shape index (κ3) is 6.75. The van der Waals surface area contributed by atoms with Crippen LogP contribution in [0.3, 0.4) is 0 Å². The fourth-order valence-corrected chi connectivity index (χ4v) is 2.55. The van der Waals surface area contributed by atoms with Gasteiger partial charge in [-0.15, -0.1) is 12.4 Å². The number of benzene rings is 1. The van der Waals surface area contributed by atoms with Crippen LogP contribution in [0.25, 0.3) is 0 Å². The molecule has 1 aliphatic heterocycles. The smallest absolute Gasteiger partial charge is 0.306 e. The number of carbonyl (C=O) groups is 1. The highest BCUT2D eigenvalue weighted by molar-refractivity contribution is 5.85. The fourth-order valence-electron chi connectivity index (χ4n) is 2.55. The molecule has 1 N–H and O–H groups in total. The molecule has 6 heteroatoms. The Balaban J connectivity index is 0.00000264. The van der Waals surface area contributed by atoms with Crippen LogP contribution in [0.4, 0.5) is 4.39 Å². The van der Waals surface area contributed by atoms with Crippen LogP contribution in [0.15, 0.2) is 18.2 Å². The lowest BCUT2D eigenvalue weighted by molar-refractivity contribution is -0.143. The topological polar surface area (TPSA) is 47.6 Å². The largest absolute Gasteiger partial charge is 0.493 e. The van der Waals surface area contributed by atoms with Gasteiger partial charge in [-0.05, 0) is 56.8 Å². The number of piperidine rings is 1. The van der Waals surface area contributed by atoms with Gasteiger partial charge in [0.25, 0.3) is 0 Å². The van der Waals surface area contributed by atoms with Crippen LogP contribution in [-0.2, 0) is 16.0 Å². The summed E-state index contributed by atoms with van der Waals surface area (Å²) in [6.07, 6.45) is 2.74. The molecule has 1 heterocycles. The van der Waals surface area contributed by atoms with Crippen molar-refractivity contribution >= 4 is 18.4 Å². The second-order valence-electron chi connectivity index (χ2n) is 5.56. The number of rotatable bonds is 7. The van der Waals surface area contributed by atoms with E-state index in [1.807, 2.05) is 0 Å². The minimum Gasteiger partial charge on any atom is -0.493 e. The predicted octanol–water partition coefficient (Wildman–Crippen LogP) is 3.12. The molecule has 2 rings (SSSR count). The molecule has 4 nitrogen and oxygen atoms in total. The van der Waals surface area contributed by atoms with Gasteiger partial charge in [0.15, 0.2) is 0 Å². The van der Waals surface area contributed by atoms with Crippen LogP contribution < -0.4 is 10.1 Å². The van der Waals surface area contributed by atoms with E-state index < -0.39 is 0 Å². The molecule has 0 amide bonds. The maximum atomic E-state index is 14.0. The molecule has 1 aliphatic rings. The molecule has 0 spiro atoms. The summed E-state index contributed by atoms with van der Waals surface area (Å²) in [6.45, 7) is 4.78. The van der Waals surface area contributed by atoms with E-state index in [9.17, 15) is 9.18 Å². The summed E-state index contributed by atoms with van der Waals surface area (Å²) in [6, 6.07) is 4.86. The predicted molar refractivity (Wildman–Crippen MR) is 89.7 cm³/mol. The van der Waals surface area contributed by atoms with Gasteiger partial charge in [0, 0.05) is 12.5 Å². The van der Waals surface area contributed by atoms with Gasteiger partial charge < -0.3 is 14.8 Å². The quantitative estimate of drug-likeness (QED) is 0.771. The molecular formula is C17H25ClFNO3. The average molecular weight is 346 g/mol. The van der Waals surface area contributed by atoms with E-state index in [2.05, 4.69) is 5.32 Å². The molecule has 1 fully saturated rings. The van der Waals surface area contributed by atoms with E-state index in [-0.39, 0.29) is 30.6 Å². The Morgan fingerprint density at radius 1 is 1.35 bits per heavy atom. The molecule has 0 unspecified atom stereocenters. The number of hydrogen-bond acceptors (Lipinski definition) is 4. The average Bonchev–Trinajstić information content (AvgIpc) is 2.53. The normalized spacial score (nSPS) is 14.9. The van der Waals surface area contributed by atoms with Gasteiger partial charge in [-0.2, -0.15) is 0 Å². The van der Waals surface area contributed by atoms with E-state index >= 15 is 0 Å². The number of ether oxygens (including phenoxy) is 2. The van der Waals surface area contributed by atoms with Gasteiger partial charge >= 0.3 is 5.97 Å². The van der Waals surface area contributed by atoms with E-state index in [1.165, 1.54) is 6.07 Å². The van der Waals surface area contributed by atoms with Crippen molar-refractivity contribution in [2.75, 3.05) is 26.3 Å². The summed E-state index contributed by atoms with van der Waals surface area (Å²) >= 11 is 0. The van der Waals surface area contributed by atoms with Crippen molar-refractivity contribution < 1.29 is 18.7 Å². The lowest BCUT2D eigenvalue weighted by Gasteiger charge is -2.22. The highest BCUT2D eigenvalue weighted by Gasteiger charge is 2.14. The lowest BCUT2D eigenvalue weighted by atomic mass is 9.99.